The summed E-state index contributed by atoms with van der Waals surface area (Å²) in [7, 11) is -2.11. The van der Waals surface area contributed by atoms with Gasteiger partial charge in [0.1, 0.15) is 0 Å². The van der Waals surface area contributed by atoms with E-state index in [9.17, 15) is 18.0 Å². The number of benzene rings is 3. The molecule has 2 atom stereocenters. The third kappa shape index (κ3) is 5.41. The normalized spacial score (nSPS) is 21.8. The first-order chi connectivity index (χ1) is 20.7. The fraction of sp³-hybridized carbons (Fsp3) is 0.353. The highest BCUT2D eigenvalue weighted by atomic mass is 32.2. The topological polar surface area (TPSA) is 96.0 Å². The van der Waals surface area contributed by atoms with Crippen molar-refractivity contribution < 1.29 is 22.7 Å². The largest absolute Gasteiger partial charge is 0.385 e. The number of carbonyl (C=O) groups is 2. The van der Waals surface area contributed by atoms with E-state index in [-0.39, 0.29) is 23.3 Å². The molecule has 2 heterocycles. The summed E-state index contributed by atoms with van der Waals surface area (Å²) in [6, 6.07) is 22.4. The minimum absolute atomic E-state index is 0.0280. The number of nitrogens with one attached hydrogen (secondary N) is 1. The van der Waals surface area contributed by atoms with Crippen molar-refractivity contribution in [2.45, 2.75) is 43.0 Å². The summed E-state index contributed by atoms with van der Waals surface area (Å²) in [5, 5.41) is 3.26. The van der Waals surface area contributed by atoms with Crippen LogP contribution in [-0.2, 0) is 25.1 Å². The monoisotopic (exact) mass is 599 g/mol. The lowest BCUT2D eigenvalue weighted by Crippen LogP contribution is -2.51. The van der Waals surface area contributed by atoms with Gasteiger partial charge in [0, 0.05) is 50.2 Å². The van der Waals surface area contributed by atoms with Crippen LogP contribution in [0.1, 0.15) is 54.1 Å². The van der Waals surface area contributed by atoms with E-state index in [1.165, 1.54) is 4.31 Å². The van der Waals surface area contributed by atoms with Gasteiger partial charge < -0.3 is 15.0 Å². The smallest absolute Gasteiger partial charge is 0.258 e. The summed E-state index contributed by atoms with van der Waals surface area (Å²) in [6.07, 6.45) is 4.52. The predicted molar refractivity (Wildman–Crippen MR) is 165 cm³/mol. The van der Waals surface area contributed by atoms with E-state index >= 15 is 0 Å². The van der Waals surface area contributed by atoms with E-state index in [4.69, 9.17) is 4.74 Å². The van der Waals surface area contributed by atoms with Crippen LogP contribution in [-0.4, -0.2) is 62.8 Å². The number of ether oxygens (including phenoxy) is 1. The van der Waals surface area contributed by atoms with Gasteiger partial charge in [-0.2, -0.15) is 4.31 Å². The highest BCUT2D eigenvalue weighted by Gasteiger charge is 2.43. The van der Waals surface area contributed by atoms with Gasteiger partial charge in [-0.3, -0.25) is 9.59 Å². The first-order valence-electron chi connectivity index (χ1n) is 14.9. The van der Waals surface area contributed by atoms with Crippen molar-refractivity contribution >= 4 is 27.5 Å². The van der Waals surface area contributed by atoms with Crippen LogP contribution in [0.5, 0.6) is 0 Å². The van der Waals surface area contributed by atoms with Gasteiger partial charge in [0.05, 0.1) is 16.4 Å². The average Bonchev–Trinajstić information content (AvgIpc) is 3.31. The van der Waals surface area contributed by atoms with E-state index in [0.29, 0.717) is 44.5 Å². The third-order valence-corrected chi connectivity index (χ3v) is 10.7. The minimum atomic E-state index is -3.76. The van der Waals surface area contributed by atoms with Crippen LogP contribution in [0.4, 0.5) is 0 Å². The summed E-state index contributed by atoms with van der Waals surface area (Å²) in [4.78, 5) is 29.0. The van der Waals surface area contributed by atoms with Crippen LogP contribution in [0.15, 0.2) is 83.8 Å². The van der Waals surface area contributed by atoms with E-state index in [1.807, 2.05) is 78.6 Å². The summed E-state index contributed by atoms with van der Waals surface area (Å²) in [6.45, 7) is 3.63. The standard InChI is InChI=1S/C34H37N3O5S/c1-34(19-18-30-31-28(12-6-13-29(31)34)33(39)37(30)21-8-22-42-2)35-32(38)26-11-7-20-36(23-26)43(40,41)27-16-14-25(15-17-27)24-9-4-3-5-10-24/h3-6,9-10,12-18,26H,7-8,11,19-23H2,1-2H3,(H,35,38)/t26?,34-/m0/s1. The maximum Gasteiger partial charge on any atom is 0.258 e. The van der Waals surface area contributed by atoms with Gasteiger partial charge in [0.2, 0.25) is 15.9 Å². The molecule has 0 radical (unpaired) electrons. The first-order valence-corrected chi connectivity index (χ1v) is 16.3. The van der Waals surface area contributed by atoms with E-state index < -0.39 is 21.5 Å². The van der Waals surface area contributed by atoms with Crippen LogP contribution in [0, 0.1) is 5.92 Å². The molecular weight excluding hydrogens is 562 g/mol. The van der Waals surface area contributed by atoms with Crippen molar-refractivity contribution in [3.05, 3.63) is 95.6 Å². The van der Waals surface area contributed by atoms with Gasteiger partial charge in [-0.25, -0.2) is 8.42 Å². The van der Waals surface area contributed by atoms with Crippen molar-refractivity contribution in [2.75, 3.05) is 33.4 Å². The molecule has 0 aromatic heterocycles. The molecule has 2 aliphatic heterocycles. The van der Waals surface area contributed by atoms with E-state index in [1.54, 1.807) is 19.2 Å². The SMILES string of the molecule is COCCCN1C(=O)c2cccc3c2C1=CC[C@]3(C)NC(=O)C1CCCN(S(=O)(=O)c2ccc(-c3ccccc3)cc2)C1. The van der Waals surface area contributed by atoms with Crippen molar-refractivity contribution in [1.29, 1.82) is 0 Å². The predicted octanol–water partition coefficient (Wildman–Crippen LogP) is 5.02. The van der Waals surface area contributed by atoms with Crippen LogP contribution < -0.4 is 5.32 Å². The Bertz CT molecular complexity index is 1670. The summed E-state index contributed by atoms with van der Waals surface area (Å²) in [5.74, 6) is -0.671. The quantitative estimate of drug-likeness (QED) is 0.349. The Morgan fingerprint density at radius 3 is 2.51 bits per heavy atom. The number of hydrogen-bond donors (Lipinski definition) is 1. The fourth-order valence-corrected chi connectivity index (χ4v) is 8.06. The molecule has 1 saturated heterocycles. The number of carbonyl (C=O) groups excluding carboxylic acids is 2. The van der Waals surface area contributed by atoms with Gasteiger partial charge in [-0.05, 0) is 67.5 Å². The second-order valence-corrected chi connectivity index (χ2v) is 13.7. The molecule has 0 saturated carbocycles. The Morgan fingerprint density at radius 2 is 1.77 bits per heavy atom. The van der Waals surface area contributed by atoms with E-state index in [2.05, 4.69) is 5.32 Å². The minimum Gasteiger partial charge on any atom is -0.385 e. The van der Waals surface area contributed by atoms with Gasteiger partial charge in [-0.15, -0.1) is 0 Å². The van der Waals surface area contributed by atoms with Crippen molar-refractivity contribution in [1.82, 2.24) is 14.5 Å². The second-order valence-electron chi connectivity index (χ2n) is 11.7. The molecule has 43 heavy (non-hydrogen) atoms. The molecule has 1 unspecified atom stereocenters. The molecule has 6 rings (SSSR count). The molecule has 3 aromatic rings. The first kappa shape index (κ1) is 29.3. The molecule has 3 aliphatic rings. The maximum atomic E-state index is 13.7. The van der Waals surface area contributed by atoms with Crippen molar-refractivity contribution in [3.8, 4) is 11.1 Å². The number of amides is 2. The molecule has 8 nitrogen and oxygen atoms in total. The maximum absolute atomic E-state index is 13.7. The van der Waals surface area contributed by atoms with Gasteiger partial charge in [-0.1, -0.05) is 60.7 Å². The number of hydrogen-bond acceptors (Lipinski definition) is 5. The van der Waals surface area contributed by atoms with Gasteiger partial charge in [0.15, 0.2) is 0 Å². The Kier molecular flexibility index (Phi) is 7.98. The number of piperidine rings is 1. The number of sulfonamides is 1. The van der Waals surface area contributed by atoms with Crippen LogP contribution in [0.2, 0.25) is 0 Å². The van der Waals surface area contributed by atoms with E-state index in [0.717, 1.165) is 34.4 Å². The van der Waals surface area contributed by atoms with Crippen LogP contribution in [0.25, 0.3) is 16.8 Å². The second kappa shape index (κ2) is 11.7. The molecule has 9 heteroatoms. The lowest BCUT2D eigenvalue weighted by Gasteiger charge is -2.38. The zero-order chi connectivity index (χ0) is 30.2. The zero-order valence-corrected chi connectivity index (χ0v) is 25.4. The molecule has 1 aliphatic carbocycles. The summed E-state index contributed by atoms with van der Waals surface area (Å²) < 4.78 is 33.8. The van der Waals surface area contributed by atoms with Crippen molar-refractivity contribution in [2.24, 2.45) is 5.92 Å². The fourth-order valence-electron chi connectivity index (χ4n) is 6.53. The van der Waals surface area contributed by atoms with Crippen LogP contribution >= 0.6 is 0 Å². The molecule has 1 fully saturated rings. The average molecular weight is 600 g/mol. The number of nitrogens with zero attached hydrogens (tertiary/aromatic N) is 2. The van der Waals surface area contributed by atoms with Gasteiger partial charge >= 0.3 is 0 Å². The molecule has 0 spiro atoms. The van der Waals surface area contributed by atoms with Crippen molar-refractivity contribution in [3.63, 3.8) is 0 Å². The highest BCUT2D eigenvalue weighted by molar-refractivity contribution is 7.89. The van der Waals surface area contributed by atoms with Crippen LogP contribution in [0.3, 0.4) is 0 Å². The summed E-state index contributed by atoms with van der Waals surface area (Å²) >= 11 is 0. The molecule has 0 bridgehead atoms. The molecule has 1 N–H and O–H groups in total. The molecule has 224 valence electrons. The third-order valence-electron chi connectivity index (χ3n) is 8.87. The van der Waals surface area contributed by atoms with Gasteiger partial charge in [0.25, 0.3) is 5.91 Å². The molecule has 3 aromatic carbocycles. The zero-order valence-electron chi connectivity index (χ0n) is 24.6. The highest BCUT2D eigenvalue weighted by Crippen LogP contribution is 2.45. The molecule has 2 amide bonds. The Hall–Kier alpha value is -3.79. The summed E-state index contributed by atoms with van der Waals surface area (Å²) in [5.41, 5.74) is 4.58. The Balaban J connectivity index is 1.17. The Labute approximate surface area is 253 Å². The molecular formula is C34H37N3O5S. The number of rotatable bonds is 9. The lowest BCUT2D eigenvalue weighted by molar-refractivity contribution is -0.128. The number of methoxy groups -OCH3 is 1. The Morgan fingerprint density at radius 1 is 1.02 bits per heavy atom. The lowest BCUT2D eigenvalue weighted by atomic mass is 9.79.